The van der Waals surface area contributed by atoms with E-state index in [1.165, 1.54) is 6.07 Å². The molecule has 0 aliphatic carbocycles. The highest BCUT2D eigenvalue weighted by atomic mass is 19.4. The number of aromatic nitrogens is 1. The third-order valence-electron chi connectivity index (χ3n) is 3.91. The molecule has 10 heteroatoms. The third kappa shape index (κ3) is 4.70. The number of hydrogen-bond donors (Lipinski definition) is 0. The Labute approximate surface area is 137 Å². The number of pyridine rings is 1. The van der Waals surface area contributed by atoms with Crippen molar-refractivity contribution in [1.29, 1.82) is 0 Å². The molecule has 0 unspecified atom stereocenters. The quantitative estimate of drug-likeness (QED) is 0.601. The van der Waals surface area contributed by atoms with Crippen molar-refractivity contribution in [3.8, 4) is 5.88 Å². The number of alkyl halides is 3. The van der Waals surface area contributed by atoms with E-state index in [0.29, 0.717) is 24.9 Å². The second-order valence-electron chi connectivity index (χ2n) is 5.84. The normalized spacial score (nSPS) is 16.5. The molecule has 0 N–H and O–H groups in total. The van der Waals surface area contributed by atoms with Gasteiger partial charge in [-0.3, -0.25) is 10.1 Å². The van der Waals surface area contributed by atoms with E-state index in [1.807, 2.05) is 19.0 Å². The summed E-state index contributed by atoms with van der Waals surface area (Å²) in [5, 5.41) is 10.9. The molecule has 0 bridgehead atoms. The van der Waals surface area contributed by atoms with E-state index < -0.39 is 29.3 Å². The van der Waals surface area contributed by atoms with Crippen molar-refractivity contribution in [3.63, 3.8) is 0 Å². The van der Waals surface area contributed by atoms with E-state index >= 15 is 0 Å². The summed E-state index contributed by atoms with van der Waals surface area (Å²) in [6.07, 6.45) is -2.83. The van der Waals surface area contributed by atoms with Crippen LogP contribution in [0.3, 0.4) is 0 Å². The van der Waals surface area contributed by atoms with Gasteiger partial charge in [-0.1, -0.05) is 0 Å². The Balaban J connectivity index is 2.15. The summed E-state index contributed by atoms with van der Waals surface area (Å²) >= 11 is 0. The van der Waals surface area contributed by atoms with Crippen molar-refractivity contribution in [1.82, 2.24) is 9.88 Å². The Morgan fingerprint density at radius 3 is 2.50 bits per heavy atom. The van der Waals surface area contributed by atoms with Crippen molar-refractivity contribution in [2.24, 2.45) is 0 Å². The van der Waals surface area contributed by atoms with Crippen molar-refractivity contribution in [2.75, 3.05) is 38.7 Å². The van der Waals surface area contributed by atoms with E-state index in [0.717, 1.165) is 18.9 Å². The van der Waals surface area contributed by atoms with E-state index in [1.54, 1.807) is 0 Å². The Morgan fingerprint density at radius 2 is 2.00 bits per heavy atom. The molecule has 24 heavy (non-hydrogen) atoms. The molecule has 0 spiro atoms. The third-order valence-corrected chi connectivity index (χ3v) is 3.91. The Hall–Kier alpha value is -2.10. The number of nitrogens with zero attached hydrogens (tertiary/aromatic N) is 4. The first-order valence-corrected chi connectivity index (χ1v) is 7.44. The molecule has 1 saturated heterocycles. The monoisotopic (exact) mass is 348 g/mol. The minimum atomic E-state index is -4.59. The lowest BCUT2D eigenvalue weighted by Gasteiger charge is -2.35. The van der Waals surface area contributed by atoms with E-state index in [-0.39, 0.29) is 0 Å². The molecule has 0 amide bonds. The molecule has 1 aliphatic rings. The number of rotatable bonds is 5. The van der Waals surface area contributed by atoms with Crippen LogP contribution in [0, 0.1) is 10.1 Å². The first-order valence-electron chi connectivity index (χ1n) is 7.44. The molecule has 7 nitrogen and oxygen atoms in total. The summed E-state index contributed by atoms with van der Waals surface area (Å²) in [5.74, 6) is -0.223. The Kier molecular flexibility index (Phi) is 5.47. The summed E-state index contributed by atoms with van der Waals surface area (Å²) in [6.45, 7) is -0.272. The first-order chi connectivity index (χ1) is 11.2. The Bertz CT molecular complexity index is 587. The SMILES string of the molecule is CN(C)C1CCN(c2ccc([N+](=O)[O-])c(OCC(F)(F)F)n2)CC1. The summed E-state index contributed by atoms with van der Waals surface area (Å²) < 4.78 is 41.5. The first kappa shape index (κ1) is 18.2. The zero-order valence-corrected chi connectivity index (χ0v) is 13.4. The minimum absolute atomic E-state index is 0.384. The van der Waals surface area contributed by atoms with E-state index in [2.05, 4.69) is 14.6 Å². The molecule has 1 aromatic heterocycles. The molecule has 0 saturated carbocycles. The van der Waals surface area contributed by atoms with Gasteiger partial charge in [-0.25, -0.2) is 0 Å². The smallest absolute Gasteiger partial charge is 0.422 e. The fourth-order valence-corrected chi connectivity index (χ4v) is 2.61. The largest absolute Gasteiger partial charge is 0.463 e. The zero-order valence-electron chi connectivity index (χ0n) is 13.4. The maximum atomic E-state index is 12.3. The van der Waals surface area contributed by atoms with Gasteiger partial charge < -0.3 is 14.5 Å². The van der Waals surface area contributed by atoms with Gasteiger partial charge in [-0.2, -0.15) is 18.2 Å². The molecule has 2 heterocycles. The van der Waals surface area contributed by atoms with Crippen molar-refractivity contribution < 1.29 is 22.8 Å². The average Bonchev–Trinajstić information content (AvgIpc) is 2.52. The second kappa shape index (κ2) is 7.20. The van der Waals surface area contributed by atoms with Crippen LogP contribution in [0.15, 0.2) is 12.1 Å². The molecule has 0 aromatic carbocycles. The molecule has 0 atom stereocenters. The predicted molar refractivity (Wildman–Crippen MR) is 81.4 cm³/mol. The molecule has 1 aliphatic heterocycles. The van der Waals surface area contributed by atoms with Gasteiger partial charge in [-0.15, -0.1) is 0 Å². The maximum Gasteiger partial charge on any atom is 0.422 e. The standard InChI is InChI=1S/C14H19F3N4O3/c1-19(2)10-5-7-20(8-6-10)12-4-3-11(21(22)23)13(18-12)24-9-14(15,16)17/h3-4,10H,5-9H2,1-2H3. The number of piperidine rings is 1. The van der Waals surface area contributed by atoms with Crippen LogP contribution in [-0.4, -0.2) is 60.8 Å². The highest BCUT2D eigenvalue weighted by Gasteiger charge is 2.31. The summed E-state index contributed by atoms with van der Waals surface area (Å²) in [6, 6.07) is 3.00. The maximum absolute atomic E-state index is 12.3. The average molecular weight is 348 g/mol. The van der Waals surface area contributed by atoms with E-state index in [4.69, 9.17) is 0 Å². The number of nitro groups is 1. The predicted octanol–water partition coefficient (Wildman–Crippen LogP) is 2.46. The van der Waals surface area contributed by atoms with Crippen LogP contribution in [-0.2, 0) is 0 Å². The molecule has 1 aromatic rings. The number of ether oxygens (including phenoxy) is 1. The topological polar surface area (TPSA) is 71.7 Å². The Morgan fingerprint density at radius 1 is 1.38 bits per heavy atom. The van der Waals surface area contributed by atoms with Crippen molar-refractivity contribution in [2.45, 2.75) is 25.1 Å². The van der Waals surface area contributed by atoms with Gasteiger partial charge in [0.05, 0.1) is 4.92 Å². The summed E-state index contributed by atoms with van der Waals surface area (Å²) in [4.78, 5) is 18.1. The summed E-state index contributed by atoms with van der Waals surface area (Å²) in [7, 11) is 3.99. The molecular weight excluding hydrogens is 329 g/mol. The zero-order chi connectivity index (χ0) is 17.9. The van der Waals surface area contributed by atoms with Gasteiger partial charge in [-0.05, 0) is 33.0 Å². The van der Waals surface area contributed by atoms with Gasteiger partial charge in [0.2, 0.25) is 0 Å². The molecule has 134 valence electrons. The van der Waals surface area contributed by atoms with Gasteiger partial charge in [0.15, 0.2) is 6.61 Å². The van der Waals surface area contributed by atoms with Crippen LogP contribution in [0.4, 0.5) is 24.7 Å². The molecular formula is C14H19F3N4O3. The van der Waals surface area contributed by atoms with Gasteiger partial charge in [0.1, 0.15) is 5.82 Å². The van der Waals surface area contributed by atoms with Gasteiger partial charge in [0, 0.05) is 25.2 Å². The van der Waals surface area contributed by atoms with Crippen LogP contribution in [0.25, 0.3) is 0 Å². The fourth-order valence-electron chi connectivity index (χ4n) is 2.61. The lowest BCUT2D eigenvalue weighted by Crippen LogP contribution is -2.42. The molecule has 2 rings (SSSR count). The molecule has 1 fully saturated rings. The van der Waals surface area contributed by atoms with Gasteiger partial charge >= 0.3 is 11.9 Å². The fraction of sp³-hybridized carbons (Fsp3) is 0.643. The summed E-state index contributed by atoms with van der Waals surface area (Å²) in [5.41, 5.74) is -0.578. The minimum Gasteiger partial charge on any atom is -0.463 e. The van der Waals surface area contributed by atoms with Crippen LogP contribution < -0.4 is 9.64 Å². The second-order valence-corrected chi connectivity index (χ2v) is 5.84. The van der Waals surface area contributed by atoms with Crippen LogP contribution >= 0.6 is 0 Å². The van der Waals surface area contributed by atoms with Crippen molar-refractivity contribution >= 4 is 11.5 Å². The van der Waals surface area contributed by atoms with E-state index in [9.17, 15) is 23.3 Å². The number of halogens is 3. The van der Waals surface area contributed by atoms with Crippen LogP contribution in [0.5, 0.6) is 5.88 Å². The van der Waals surface area contributed by atoms with Crippen LogP contribution in [0.2, 0.25) is 0 Å². The number of hydrogen-bond acceptors (Lipinski definition) is 6. The highest BCUT2D eigenvalue weighted by Crippen LogP contribution is 2.30. The molecule has 0 radical (unpaired) electrons. The lowest BCUT2D eigenvalue weighted by atomic mass is 10.0. The highest BCUT2D eigenvalue weighted by molar-refractivity contribution is 5.50. The lowest BCUT2D eigenvalue weighted by molar-refractivity contribution is -0.386. The van der Waals surface area contributed by atoms with Crippen molar-refractivity contribution in [3.05, 3.63) is 22.2 Å². The van der Waals surface area contributed by atoms with Gasteiger partial charge in [0.25, 0.3) is 5.88 Å². The van der Waals surface area contributed by atoms with Crippen LogP contribution in [0.1, 0.15) is 12.8 Å². The number of anilines is 1.